The largest absolute Gasteiger partial charge is 0.396 e. The van der Waals surface area contributed by atoms with Crippen LogP contribution in [0.1, 0.15) is 10.4 Å². The summed E-state index contributed by atoms with van der Waals surface area (Å²) in [6.07, 6.45) is 6.45. The predicted molar refractivity (Wildman–Crippen MR) is 63.2 cm³/mol. The summed E-state index contributed by atoms with van der Waals surface area (Å²) < 4.78 is 1.68. The third-order valence-electron chi connectivity index (χ3n) is 2.20. The van der Waals surface area contributed by atoms with E-state index in [0.717, 1.165) is 0 Å². The molecule has 0 aliphatic carbocycles. The number of carbonyl (C=O) groups excluding carboxylic acids is 1. The Kier molecular flexibility index (Phi) is 3.34. The number of nitrogens with one attached hydrogen (secondary N) is 1. The van der Waals surface area contributed by atoms with Crippen LogP contribution in [-0.4, -0.2) is 27.2 Å². The molecule has 0 saturated heterocycles. The van der Waals surface area contributed by atoms with E-state index in [4.69, 9.17) is 5.73 Å². The van der Waals surface area contributed by atoms with Crippen LogP contribution in [-0.2, 0) is 6.54 Å². The molecule has 6 heteroatoms. The highest BCUT2D eigenvalue weighted by molar-refractivity contribution is 5.93. The van der Waals surface area contributed by atoms with Gasteiger partial charge >= 0.3 is 0 Å². The molecule has 0 saturated carbocycles. The van der Waals surface area contributed by atoms with Gasteiger partial charge in [0.2, 0.25) is 0 Å². The molecule has 0 aliphatic heterocycles. The highest BCUT2D eigenvalue weighted by Crippen LogP contribution is 1.97. The summed E-state index contributed by atoms with van der Waals surface area (Å²) in [7, 11) is 0. The molecule has 0 radical (unpaired) electrons. The topological polar surface area (TPSA) is 85.8 Å². The van der Waals surface area contributed by atoms with Gasteiger partial charge in [-0.15, -0.1) is 0 Å². The molecule has 0 bridgehead atoms. The Labute approximate surface area is 98.5 Å². The molecule has 2 rings (SSSR count). The minimum atomic E-state index is -0.141. The molecule has 0 atom stereocenters. The zero-order valence-corrected chi connectivity index (χ0v) is 9.21. The molecule has 17 heavy (non-hydrogen) atoms. The second kappa shape index (κ2) is 5.11. The van der Waals surface area contributed by atoms with Gasteiger partial charge in [-0.25, -0.2) is 0 Å². The van der Waals surface area contributed by atoms with Crippen LogP contribution < -0.4 is 11.1 Å². The van der Waals surface area contributed by atoms with Gasteiger partial charge in [-0.2, -0.15) is 5.10 Å². The van der Waals surface area contributed by atoms with Crippen LogP contribution in [0.15, 0.2) is 36.9 Å². The highest BCUT2D eigenvalue weighted by Gasteiger charge is 2.03. The quantitative estimate of drug-likeness (QED) is 0.792. The fraction of sp³-hybridized carbons (Fsp3) is 0.182. The van der Waals surface area contributed by atoms with E-state index in [1.165, 1.54) is 6.20 Å². The van der Waals surface area contributed by atoms with Crippen molar-refractivity contribution >= 4 is 11.6 Å². The molecule has 1 amide bonds. The number of nitrogen functional groups attached to an aromatic ring is 1. The van der Waals surface area contributed by atoms with Crippen molar-refractivity contribution in [1.82, 2.24) is 20.1 Å². The van der Waals surface area contributed by atoms with Crippen molar-refractivity contribution in [2.45, 2.75) is 6.54 Å². The maximum atomic E-state index is 11.6. The third kappa shape index (κ3) is 3.04. The van der Waals surface area contributed by atoms with Crippen LogP contribution in [0.4, 0.5) is 5.69 Å². The Morgan fingerprint density at radius 2 is 2.35 bits per heavy atom. The van der Waals surface area contributed by atoms with E-state index < -0.39 is 0 Å². The van der Waals surface area contributed by atoms with Gasteiger partial charge < -0.3 is 11.1 Å². The van der Waals surface area contributed by atoms with Crippen molar-refractivity contribution in [3.8, 4) is 0 Å². The zero-order chi connectivity index (χ0) is 12.1. The fourth-order valence-corrected chi connectivity index (χ4v) is 1.38. The second-order valence-electron chi connectivity index (χ2n) is 3.53. The number of aromatic nitrogens is 3. The molecule has 88 valence electrons. The molecular weight excluding hydrogens is 218 g/mol. The Hall–Kier alpha value is -2.37. The van der Waals surface area contributed by atoms with E-state index in [9.17, 15) is 4.79 Å². The number of pyridine rings is 1. The van der Waals surface area contributed by atoms with E-state index in [0.29, 0.717) is 24.3 Å². The van der Waals surface area contributed by atoms with E-state index in [-0.39, 0.29) is 5.91 Å². The van der Waals surface area contributed by atoms with Crippen LogP contribution >= 0.6 is 0 Å². The monoisotopic (exact) mass is 231 g/mol. The summed E-state index contributed by atoms with van der Waals surface area (Å²) in [5.74, 6) is -0.141. The van der Waals surface area contributed by atoms with Crippen molar-refractivity contribution < 1.29 is 4.79 Å². The molecule has 0 aromatic carbocycles. The minimum absolute atomic E-state index is 0.141. The smallest absolute Gasteiger partial charge is 0.252 e. The first-order valence-corrected chi connectivity index (χ1v) is 5.22. The highest BCUT2D eigenvalue weighted by atomic mass is 16.1. The second-order valence-corrected chi connectivity index (χ2v) is 3.53. The SMILES string of the molecule is Nc1cnn(CCNC(=O)c2cccnc2)c1. The summed E-state index contributed by atoms with van der Waals surface area (Å²) in [4.78, 5) is 15.5. The van der Waals surface area contributed by atoms with Crippen LogP contribution in [0.3, 0.4) is 0 Å². The van der Waals surface area contributed by atoms with Crippen molar-refractivity contribution in [1.29, 1.82) is 0 Å². The fourth-order valence-electron chi connectivity index (χ4n) is 1.38. The molecule has 0 fully saturated rings. The summed E-state index contributed by atoms with van der Waals surface area (Å²) in [5, 5.41) is 6.79. The number of carbonyl (C=O) groups is 1. The molecule has 0 spiro atoms. The average molecular weight is 231 g/mol. The van der Waals surface area contributed by atoms with Crippen LogP contribution in [0.25, 0.3) is 0 Å². The number of hydrogen-bond donors (Lipinski definition) is 2. The Bertz CT molecular complexity index is 494. The van der Waals surface area contributed by atoms with Gasteiger partial charge in [-0.1, -0.05) is 0 Å². The molecule has 0 unspecified atom stereocenters. The van der Waals surface area contributed by atoms with Gasteiger partial charge in [0.25, 0.3) is 5.91 Å². The first-order valence-electron chi connectivity index (χ1n) is 5.22. The number of anilines is 1. The maximum absolute atomic E-state index is 11.6. The first kappa shape index (κ1) is 11.1. The maximum Gasteiger partial charge on any atom is 0.252 e. The van der Waals surface area contributed by atoms with E-state index in [2.05, 4.69) is 15.4 Å². The van der Waals surface area contributed by atoms with Gasteiger partial charge in [0.05, 0.1) is 24.0 Å². The van der Waals surface area contributed by atoms with Crippen molar-refractivity contribution in [2.24, 2.45) is 0 Å². The summed E-state index contributed by atoms with van der Waals surface area (Å²) in [6, 6.07) is 3.44. The molecule has 2 aromatic heterocycles. The van der Waals surface area contributed by atoms with E-state index >= 15 is 0 Å². The van der Waals surface area contributed by atoms with Crippen LogP contribution in [0.5, 0.6) is 0 Å². The Morgan fingerprint density at radius 1 is 1.47 bits per heavy atom. The normalized spacial score (nSPS) is 10.1. The Morgan fingerprint density at radius 3 is 3.00 bits per heavy atom. The molecule has 2 heterocycles. The van der Waals surface area contributed by atoms with Crippen molar-refractivity contribution in [3.05, 3.63) is 42.5 Å². The van der Waals surface area contributed by atoms with Gasteiger partial charge in [0.15, 0.2) is 0 Å². The lowest BCUT2D eigenvalue weighted by molar-refractivity contribution is 0.0951. The molecule has 0 aliphatic rings. The molecule has 3 N–H and O–H groups in total. The number of nitrogens with two attached hydrogens (primary N) is 1. The standard InChI is InChI=1S/C11H13N5O/c12-10-7-15-16(8-10)5-4-14-11(17)9-2-1-3-13-6-9/h1-3,6-8H,4-5,12H2,(H,14,17). The van der Waals surface area contributed by atoms with E-state index in [1.807, 2.05) is 0 Å². The molecule has 2 aromatic rings. The lowest BCUT2D eigenvalue weighted by Crippen LogP contribution is -2.27. The number of rotatable bonds is 4. The average Bonchev–Trinajstić information content (AvgIpc) is 2.76. The summed E-state index contributed by atoms with van der Waals surface area (Å²) in [6.45, 7) is 1.08. The third-order valence-corrected chi connectivity index (χ3v) is 2.20. The van der Waals surface area contributed by atoms with Gasteiger partial charge in [-0.3, -0.25) is 14.5 Å². The van der Waals surface area contributed by atoms with Crippen LogP contribution in [0, 0.1) is 0 Å². The minimum Gasteiger partial charge on any atom is -0.396 e. The molecule has 6 nitrogen and oxygen atoms in total. The number of nitrogens with zero attached hydrogens (tertiary/aromatic N) is 3. The lowest BCUT2D eigenvalue weighted by atomic mass is 10.3. The van der Waals surface area contributed by atoms with Crippen molar-refractivity contribution in [2.75, 3.05) is 12.3 Å². The van der Waals surface area contributed by atoms with Crippen LogP contribution in [0.2, 0.25) is 0 Å². The lowest BCUT2D eigenvalue weighted by Gasteiger charge is -2.04. The van der Waals surface area contributed by atoms with Gasteiger partial charge in [0.1, 0.15) is 0 Å². The van der Waals surface area contributed by atoms with Gasteiger partial charge in [-0.05, 0) is 12.1 Å². The zero-order valence-electron chi connectivity index (χ0n) is 9.21. The number of amides is 1. The van der Waals surface area contributed by atoms with E-state index in [1.54, 1.807) is 35.4 Å². The first-order chi connectivity index (χ1) is 8.25. The van der Waals surface area contributed by atoms with Gasteiger partial charge in [0, 0.05) is 25.1 Å². The summed E-state index contributed by atoms with van der Waals surface area (Å²) in [5.41, 5.74) is 6.69. The number of hydrogen-bond acceptors (Lipinski definition) is 4. The predicted octanol–water partition coefficient (Wildman–Crippen LogP) is 0.290. The van der Waals surface area contributed by atoms with Crippen molar-refractivity contribution in [3.63, 3.8) is 0 Å². The Balaban J connectivity index is 1.81. The molecular formula is C11H13N5O. The summed E-state index contributed by atoms with van der Waals surface area (Å²) >= 11 is 0.